The largest absolute Gasteiger partial charge is 0.383 e. The fourth-order valence-electron chi connectivity index (χ4n) is 6.76. The Morgan fingerprint density at radius 1 is 1.06 bits per heavy atom. The molecule has 1 aromatic carbocycles. The number of aryl methyl sites for hydroxylation is 1. The summed E-state index contributed by atoms with van der Waals surface area (Å²) in [5.74, 6) is 0.324. The molecule has 5 rings (SSSR count). The normalized spacial score (nSPS) is 26.6. The summed E-state index contributed by atoms with van der Waals surface area (Å²) >= 11 is 0. The van der Waals surface area contributed by atoms with E-state index >= 15 is 0 Å². The van der Waals surface area contributed by atoms with Crippen LogP contribution in [0.2, 0.25) is 0 Å². The second kappa shape index (κ2) is 9.93. The number of nitrogens with zero attached hydrogens (tertiary/aromatic N) is 3. The topological polar surface area (TPSA) is 45.2 Å². The smallest absolute Gasteiger partial charge is 0.233 e. The monoisotopic (exact) mass is 455 g/mol. The molecule has 1 atom stereocenters. The van der Waals surface area contributed by atoms with E-state index in [-0.39, 0.29) is 5.41 Å². The van der Waals surface area contributed by atoms with Gasteiger partial charge in [0.15, 0.2) is 0 Å². The molecular formula is C27H41N3O3. The second-order valence-electron chi connectivity index (χ2n) is 10.5. The number of piperidine rings is 1. The van der Waals surface area contributed by atoms with E-state index in [0.717, 1.165) is 70.8 Å². The first-order chi connectivity index (χ1) is 16.1. The van der Waals surface area contributed by atoms with Crippen molar-refractivity contribution in [3.63, 3.8) is 0 Å². The van der Waals surface area contributed by atoms with Gasteiger partial charge in [-0.1, -0.05) is 6.92 Å². The van der Waals surface area contributed by atoms with Crippen LogP contribution in [0.15, 0.2) is 18.2 Å². The van der Waals surface area contributed by atoms with Crippen molar-refractivity contribution in [2.24, 2.45) is 5.41 Å². The van der Waals surface area contributed by atoms with E-state index in [1.165, 1.54) is 43.5 Å². The highest BCUT2D eigenvalue weighted by atomic mass is 16.5. The Morgan fingerprint density at radius 2 is 1.85 bits per heavy atom. The third kappa shape index (κ3) is 4.42. The maximum Gasteiger partial charge on any atom is 0.233 e. The number of carbonyl (C=O) groups is 1. The number of amides is 1. The van der Waals surface area contributed by atoms with Gasteiger partial charge in [0, 0.05) is 63.4 Å². The minimum Gasteiger partial charge on any atom is -0.383 e. The number of hydrogen-bond donors (Lipinski definition) is 0. The molecule has 1 spiro atoms. The quantitative estimate of drug-likeness (QED) is 0.652. The summed E-state index contributed by atoms with van der Waals surface area (Å²) in [6.07, 6.45) is 8.69. The van der Waals surface area contributed by atoms with Crippen LogP contribution in [0.1, 0.15) is 57.4 Å². The average Bonchev–Trinajstić information content (AvgIpc) is 3.44. The van der Waals surface area contributed by atoms with Crippen LogP contribution in [0, 0.1) is 5.41 Å². The number of methoxy groups -OCH3 is 1. The van der Waals surface area contributed by atoms with E-state index in [4.69, 9.17) is 9.47 Å². The molecule has 1 amide bonds. The van der Waals surface area contributed by atoms with Crippen LogP contribution in [0.5, 0.6) is 0 Å². The summed E-state index contributed by atoms with van der Waals surface area (Å²) in [5.41, 5.74) is 3.56. The van der Waals surface area contributed by atoms with Gasteiger partial charge in [-0.25, -0.2) is 0 Å². The average molecular weight is 456 g/mol. The Hall–Kier alpha value is -1.63. The van der Waals surface area contributed by atoms with E-state index in [9.17, 15) is 4.79 Å². The van der Waals surface area contributed by atoms with Gasteiger partial charge in [0.25, 0.3) is 0 Å². The number of ether oxygens (including phenoxy) is 2. The third-order valence-electron chi connectivity index (χ3n) is 8.78. The Balaban J connectivity index is 1.25. The van der Waals surface area contributed by atoms with E-state index in [1.54, 1.807) is 0 Å². The summed E-state index contributed by atoms with van der Waals surface area (Å²) in [4.78, 5) is 20.8. The van der Waals surface area contributed by atoms with Crippen LogP contribution in [-0.4, -0.2) is 76.0 Å². The molecule has 182 valence electrons. The zero-order chi connectivity index (χ0) is 22.8. The number of carbonyl (C=O) groups excluding carboxylic acids is 1. The summed E-state index contributed by atoms with van der Waals surface area (Å²) in [5, 5.41) is 0. The lowest BCUT2D eigenvalue weighted by Gasteiger charge is -2.40. The Kier molecular flexibility index (Phi) is 6.96. The van der Waals surface area contributed by atoms with Crippen LogP contribution in [-0.2, 0) is 20.7 Å². The number of benzene rings is 1. The summed E-state index contributed by atoms with van der Waals surface area (Å²) in [6, 6.07) is 8.11. The standard InChI is InChI=1S/C27H41N3O3/c1-3-21-19-23(28-14-8-22(9-15-28)29-13-4-5-24(29)20-32-2)6-7-25(21)30-16-10-27(26(30)31)11-17-33-18-12-27/h6-7,19,22,24H,3-5,8-18,20H2,1-2H3. The van der Waals surface area contributed by atoms with Gasteiger partial charge in [0.05, 0.1) is 12.0 Å². The lowest BCUT2D eigenvalue weighted by Crippen LogP contribution is -2.47. The van der Waals surface area contributed by atoms with Crippen molar-refractivity contribution in [2.45, 2.75) is 70.4 Å². The van der Waals surface area contributed by atoms with Crippen LogP contribution in [0.25, 0.3) is 0 Å². The van der Waals surface area contributed by atoms with E-state index < -0.39 is 0 Å². The molecule has 0 saturated carbocycles. The Bertz CT molecular complexity index is 830. The highest BCUT2D eigenvalue weighted by Gasteiger charge is 2.48. The highest BCUT2D eigenvalue weighted by molar-refractivity contribution is 6.00. The van der Waals surface area contributed by atoms with E-state index in [2.05, 4.69) is 39.8 Å². The molecule has 0 radical (unpaired) electrons. The van der Waals surface area contributed by atoms with Crippen molar-refractivity contribution >= 4 is 17.3 Å². The highest BCUT2D eigenvalue weighted by Crippen LogP contribution is 2.44. The minimum atomic E-state index is -0.180. The predicted octanol–water partition coefficient (Wildman–Crippen LogP) is 3.86. The lowest BCUT2D eigenvalue weighted by molar-refractivity contribution is -0.130. The molecule has 0 aliphatic carbocycles. The first kappa shape index (κ1) is 23.1. The van der Waals surface area contributed by atoms with Crippen LogP contribution >= 0.6 is 0 Å². The third-order valence-corrected chi connectivity index (χ3v) is 8.78. The van der Waals surface area contributed by atoms with E-state index in [1.807, 2.05) is 7.11 Å². The molecule has 6 nitrogen and oxygen atoms in total. The lowest BCUT2D eigenvalue weighted by atomic mass is 9.79. The van der Waals surface area contributed by atoms with Crippen molar-refractivity contribution in [2.75, 3.05) is 62.9 Å². The van der Waals surface area contributed by atoms with Gasteiger partial charge in [0.2, 0.25) is 5.91 Å². The predicted molar refractivity (Wildman–Crippen MR) is 132 cm³/mol. The van der Waals surface area contributed by atoms with Crippen LogP contribution in [0.4, 0.5) is 11.4 Å². The molecule has 1 unspecified atom stereocenters. The summed E-state index contributed by atoms with van der Waals surface area (Å²) < 4.78 is 11.0. The van der Waals surface area contributed by atoms with Gasteiger partial charge in [-0.2, -0.15) is 0 Å². The molecule has 0 aromatic heterocycles. The Morgan fingerprint density at radius 3 is 2.58 bits per heavy atom. The molecule has 33 heavy (non-hydrogen) atoms. The number of anilines is 2. The SMILES string of the molecule is CCc1cc(N2CCC(N3CCCC3COC)CC2)ccc1N1CCC2(CCOCC2)C1=O. The van der Waals surface area contributed by atoms with Crippen LogP contribution in [0.3, 0.4) is 0 Å². The van der Waals surface area contributed by atoms with Crippen LogP contribution < -0.4 is 9.80 Å². The van der Waals surface area contributed by atoms with Crippen molar-refractivity contribution in [3.8, 4) is 0 Å². The molecule has 6 heteroatoms. The molecule has 0 bridgehead atoms. The summed E-state index contributed by atoms with van der Waals surface area (Å²) in [7, 11) is 1.83. The molecule has 4 aliphatic heterocycles. The van der Waals surface area contributed by atoms with Crippen molar-refractivity contribution in [3.05, 3.63) is 23.8 Å². The zero-order valence-electron chi connectivity index (χ0n) is 20.6. The maximum absolute atomic E-state index is 13.4. The van der Waals surface area contributed by atoms with E-state index in [0.29, 0.717) is 18.0 Å². The fourth-order valence-corrected chi connectivity index (χ4v) is 6.76. The molecule has 4 fully saturated rings. The second-order valence-corrected chi connectivity index (χ2v) is 10.5. The first-order valence-electron chi connectivity index (χ1n) is 13.2. The molecule has 1 aromatic rings. The minimum absolute atomic E-state index is 0.180. The maximum atomic E-state index is 13.4. The fraction of sp³-hybridized carbons (Fsp3) is 0.741. The van der Waals surface area contributed by atoms with Crippen molar-refractivity contribution in [1.82, 2.24) is 4.90 Å². The van der Waals surface area contributed by atoms with Crippen molar-refractivity contribution < 1.29 is 14.3 Å². The summed E-state index contributed by atoms with van der Waals surface area (Å²) in [6.45, 7) is 8.80. The van der Waals surface area contributed by atoms with Gasteiger partial charge in [-0.3, -0.25) is 9.69 Å². The van der Waals surface area contributed by atoms with Gasteiger partial charge < -0.3 is 19.3 Å². The Labute approximate surface area is 199 Å². The zero-order valence-corrected chi connectivity index (χ0v) is 20.6. The van der Waals surface area contributed by atoms with Gasteiger partial charge >= 0.3 is 0 Å². The number of rotatable bonds is 6. The molecule has 0 N–H and O–H groups in total. The molecular weight excluding hydrogens is 414 g/mol. The molecule has 4 heterocycles. The van der Waals surface area contributed by atoms with Gasteiger partial charge in [-0.05, 0) is 81.7 Å². The molecule has 4 aliphatic rings. The first-order valence-corrected chi connectivity index (χ1v) is 13.2. The van der Waals surface area contributed by atoms with Gasteiger partial charge in [-0.15, -0.1) is 0 Å². The van der Waals surface area contributed by atoms with Gasteiger partial charge in [0.1, 0.15) is 0 Å². The van der Waals surface area contributed by atoms with Crippen molar-refractivity contribution in [1.29, 1.82) is 0 Å². The number of hydrogen-bond acceptors (Lipinski definition) is 5. The number of likely N-dealkylation sites (tertiary alicyclic amines) is 1. The molecule has 4 saturated heterocycles.